The lowest BCUT2D eigenvalue weighted by atomic mass is 9.85. The van der Waals surface area contributed by atoms with Crippen LogP contribution in [0.25, 0.3) is 0 Å². The van der Waals surface area contributed by atoms with Gasteiger partial charge >= 0.3 is 6.55 Å². The number of nitrogens with zero attached hydrogens (tertiary/aromatic N) is 2. The maximum absolute atomic E-state index is 12.6. The highest BCUT2D eigenvalue weighted by atomic mass is 35.5. The lowest BCUT2D eigenvalue weighted by Crippen LogP contribution is -2.35. The Morgan fingerprint density at radius 3 is 2.87 bits per heavy atom. The Morgan fingerprint density at radius 2 is 2.26 bits per heavy atom. The van der Waals surface area contributed by atoms with Crippen molar-refractivity contribution in [1.82, 2.24) is 20.2 Å². The van der Waals surface area contributed by atoms with Gasteiger partial charge in [0.25, 0.3) is 0 Å². The van der Waals surface area contributed by atoms with Gasteiger partial charge in [0, 0.05) is 18.8 Å². The molecule has 1 fully saturated rings. The maximum atomic E-state index is 12.6. The lowest BCUT2D eigenvalue weighted by molar-refractivity contribution is -0.122. The summed E-state index contributed by atoms with van der Waals surface area (Å²) in [7, 11) is 0. The van der Waals surface area contributed by atoms with E-state index < -0.39 is 6.55 Å². The van der Waals surface area contributed by atoms with Crippen molar-refractivity contribution in [2.75, 3.05) is 13.1 Å². The molecular weight excluding hydrogens is 349 g/mol. The molecule has 0 bridgehead atoms. The highest BCUT2D eigenvalue weighted by Gasteiger charge is 2.22. The first-order valence-electron chi connectivity index (χ1n) is 7.35. The molecule has 0 saturated carbocycles. The fourth-order valence-corrected chi connectivity index (χ4v) is 2.73. The minimum Gasteiger partial charge on any atom is -0.349 e. The van der Waals surface area contributed by atoms with Crippen molar-refractivity contribution >= 4 is 30.7 Å². The second-order valence-corrected chi connectivity index (χ2v) is 5.59. The Labute approximate surface area is 147 Å². The predicted molar refractivity (Wildman–Crippen MR) is 89.2 cm³/mol. The smallest absolute Gasteiger partial charge is 0.319 e. The van der Waals surface area contributed by atoms with Gasteiger partial charge in [0.1, 0.15) is 5.82 Å². The molecule has 134 valence electrons. The standard InChI is InChI=1S/C14H22F2N4O.2ClH/c1-10(11-3-2-4-17-8-11)7-13(21)19-9-12-18-5-6-20(12)14(15)16;;/h5-6,10-11,14,17H,2-4,7-9H2,1H3,(H,19,21);2*1H. The van der Waals surface area contributed by atoms with Crippen LogP contribution in [0.3, 0.4) is 0 Å². The van der Waals surface area contributed by atoms with Gasteiger partial charge in [-0.05, 0) is 37.8 Å². The van der Waals surface area contributed by atoms with E-state index in [0.29, 0.717) is 12.3 Å². The largest absolute Gasteiger partial charge is 0.349 e. The molecule has 0 aliphatic carbocycles. The highest BCUT2D eigenvalue weighted by molar-refractivity contribution is 5.85. The quantitative estimate of drug-likeness (QED) is 0.806. The second kappa shape index (κ2) is 10.8. The Bertz CT molecular complexity index is 467. The zero-order valence-electron chi connectivity index (χ0n) is 13.0. The third kappa shape index (κ3) is 6.61. The molecule has 0 aromatic carbocycles. The topological polar surface area (TPSA) is 59.0 Å². The molecule has 23 heavy (non-hydrogen) atoms. The number of carbonyl (C=O) groups is 1. The zero-order chi connectivity index (χ0) is 15.2. The van der Waals surface area contributed by atoms with E-state index in [1.54, 1.807) is 0 Å². The summed E-state index contributed by atoms with van der Waals surface area (Å²) in [4.78, 5) is 15.8. The van der Waals surface area contributed by atoms with Crippen molar-refractivity contribution in [3.63, 3.8) is 0 Å². The number of imidazole rings is 1. The first kappa shape index (κ1) is 22.1. The van der Waals surface area contributed by atoms with Crippen LogP contribution in [-0.4, -0.2) is 28.5 Å². The number of rotatable bonds is 6. The Morgan fingerprint density at radius 1 is 1.52 bits per heavy atom. The molecule has 1 aromatic heterocycles. The number of hydrogen-bond acceptors (Lipinski definition) is 3. The van der Waals surface area contributed by atoms with Gasteiger partial charge in [0.2, 0.25) is 5.91 Å². The molecule has 2 rings (SSSR count). The summed E-state index contributed by atoms with van der Waals surface area (Å²) in [6.45, 7) is 1.46. The van der Waals surface area contributed by atoms with Gasteiger partial charge in [-0.3, -0.25) is 9.36 Å². The van der Waals surface area contributed by atoms with E-state index in [4.69, 9.17) is 0 Å². The third-order valence-corrected chi connectivity index (χ3v) is 4.05. The molecule has 0 radical (unpaired) electrons. The molecule has 1 aromatic rings. The Hall–Kier alpha value is -0.920. The molecule has 2 atom stereocenters. The highest BCUT2D eigenvalue weighted by Crippen LogP contribution is 2.22. The number of hydrogen-bond donors (Lipinski definition) is 2. The van der Waals surface area contributed by atoms with E-state index in [2.05, 4.69) is 22.5 Å². The molecule has 1 saturated heterocycles. The summed E-state index contributed by atoms with van der Waals surface area (Å²) in [5.41, 5.74) is 0. The Balaban J connectivity index is 0.00000242. The van der Waals surface area contributed by atoms with Gasteiger partial charge in [-0.15, -0.1) is 24.8 Å². The lowest BCUT2D eigenvalue weighted by Gasteiger charge is -2.28. The van der Waals surface area contributed by atoms with E-state index in [-0.39, 0.29) is 49.0 Å². The van der Waals surface area contributed by atoms with E-state index in [0.717, 1.165) is 30.5 Å². The van der Waals surface area contributed by atoms with Crippen LogP contribution in [0.1, 0.15) is 38.6 Å². The Kier molecular flexibility index (Phi) is 10.3. The van der Waals surface area contributed by atoms with Gasteiger partial charge < -0.3 is 10.6 Å². The summed E-state index contributed by atoms with van der Waals surface area (Å²) >= 11 is 0. The van der Waals surface area contributed by atoms with E-state index in [1.165, 1.54) is 12.4 Å². The van der Waals surface area contributed by atoms with Crippen LogP contribution >= 0.6 is 24.8 Å². The van der Waals surface area contributed by atoms with Crippen molar-refractivity contribution in [2.45, 2.75) is 39.3 Å². The first-order valence-corrected chi connectivity index (χ1v) is 7.35. The van der Waals surface area contributed by atoms with Crippen molar-refractivity contribution < 1.29 is 13.6 Å². The monoisotopic (exact) mass is 372 g/mol. The van der Waals surface area contributed by atoms with E-state index in [9.17, 15) is 13.6 Å². The molecule has 2 heterocycles. The first-order chi connectivity index (χ1) is 10.1. The van der Waals surface area contributed by atoms with Crippen molar-refractivity contribution in [3.05, 3.63) is 18.2 Å². The van der Waals surface area contributed by atoms with E-state index >= 15 is 0 Å². The van der Waals surface area contributed by atoms with Gasteiger partial charge in [0.05, 0.1) is 6.54 Å². The number of halogens is 4. The average Bonchev–Trinajstić information content (AvgIpc) is 2.94. The number of nitrogens with one attached hydrogen (secondary N) is 2. The summed E-state index contributed by atoms with van der Waals surface area (Å²) in [5.74, 6) is 0.849. The van der Waals surface area contributed by atoms with E-state index in [1.807, 2.05) is 0 Å². The summed E-state index contributed by atoms with van der Waals surface area (Å²) in [6, 6.07) is 0. The number of aromatic nitrogens is 2. The summed E-state index contributed by atoms with van der Waals surface area (Å²) < 4.78 is 26.0. The van der Waals surface area contributed by atoms with Gasteiger partial charge in [-0.2, -0.15) is 8.78 Å². The summed E-state index contributed by atoms with van der Waals surface area (Å²) in [5, 5.41) is 6.01. The fraction of sp³-hybridized carbons (Fsp3) is 0.714. The number of carbonyl (C=O) groups excluding carboxylic acids is 1. The number of piperidine rings is 1. The molecule has 9 heteroatoms. The average molecular weight is 373 g/mol. The van der Waals surface area contributed by atoms with Crippen molar-refractivity contribution in [2.24, 2.45) is 11.8 Å². The van der Waals surface area contributed by atoms with Gasteiger partial charge in [0.15, 0.2) is 0 Å². The molecule has 5 nitrogen and oxygen atoms in total. The second-order valence-electron chi connectivity index (χ2n) is 5.59. The molecule has 2 N–H and O–H groups in total. The predicted octanol–water partition coefficient (Wildman–Crippen LogP) is 2.76. The van der Waals surface area contributed by atoms with Crippen molar-refractivity contribution in [3.8, 4) is 0 Å². The zero-order valence-corrected chi connectivity index (χ0v) is 14.6. The van der Waals surface area contributed by atoms with Gasteiger partial charge in [-0.1, -0.05) is 6.92 Å². The van der Waals surface area contributed by atoms with Crippen LogP contribution in [0.5, 0.6) is 0 Å². The van der Waals surface area contributed by atoms with Crippen LogP contribution in [0.2, 0.25) is 0 Å². The maximum Gasteiger partial charge on any atom is 0.319 e. The molecular formula is C14H24Cl2F2N4O. The van der Waals surface area contributed by atoms with Crippen LogP contribution in [0.15, 0.2) is 12.4 Å². The fourth-order valence-electron chi connectivity index (χ4n) is 2.73. The van der Waals surface area contributed by atoms with Crippen LogP contribution in [-0.2, 0) is 11.3 Å². The van der Waals surface area contributed by atoms with Crippen LogP contribution in [0, 0.1) is 11.8 Å². The number of alkyl halides is 2. The minimum absolute atomic E-state index is 0. The van der Waals surface area contributed by atoms with Crippen molar-refractivity contribution in [1.29, 1.82) is 0 Å². The molecule has 1 amide bonds. The van der Waals surface area contributed by atoms with Gasteiger partial charge in [-0.25, -0.2) is 4.98 Å². The number of amides is 1. The SMILES string of the molecule is CC(CC(=O)NCc1nccn1C(F)F)C1CCCNC1.Cl.Cl. The summed E-state index contributed by atoms with van der Waals surface area (Å²) in [6.07, 6.45) is 5.22. The molecule has 1 aliphatic rings. The molecule has 0 spiro atoms. The molecule has 2 unspecified atom stereocenters. The van der Waals surface area contributed by atoms with Crippen LogP contribution < -0.4 is 10.6 Å². The normalized spacial score (nSPS) is 18.7. The minimum atomic E-state index is -2.63. The van der Waals surface area contributed by atoms with Crippen LogP contribution in [0.4, 0.5) is 8.78 Å². The third-order valence-electron chi connectivity index (χ3n) is 4.05. The molecule has 1 aliphatic heterocycles.